The van der Waals surface area contributed by atoms with Crippen LogP contribution < -0.4 is 10.5 Å². The normalized spacial score (nSPS) is 15.9. The Morgan fingerprint density at radius 3 is 2.55 bits per heavy atom. The van der Waals surface area contributed by atoms with Crippen molar-refractivity contribution in [2.45, 2.75) is 45.0 Å². The maximum atomic E-state index is 12.3. The molecule has 0 amide bonds. The lowest BCUT2D eigenvalue weighted by atomic mass is 9.82. The van der Waals surface area contributed by atoms with E-state index in [9.17, 15) is 18.0 Å². The molecule has 7 heteroatoms. The van der Waals surface area contributed by atoms with Crippen molar-refractivity contribution in [3.8, 4) is 5.75 Å². The fourth-order valence-corrected chi connectivity index (χ4v) is 2.42. The van der Waals surface area contributed by atoms with Crippen molar-refractivity contribution in [3.05, 3.63) is 29.8 Å². The number of rotatable bonds is 7. The molecule has 3 unspecified atom stereocenters. The minimum Gasteiger partial charge on any atom is -0.480 e. The fraction of sp³-hybridized carbons (Fsp3) is 0.533. The first-order valence-electron chi connectivity index (χ1n) is 6.98. The van der Waals surface area contributed by atoms with Crippen molar-refractivity contribution < 1.29 is 27.8 Å². The number of nitrogens with two attached hydrogens (primary N) is 1. The van der Waals surface area contributed by atoms with E-state index >= 15 is 0 Å². The van der Waals surface area contributed by atoms with E-state index in [-0.39, 0.29) is 24.0 Å². The van der Waals surface area contributed by atoms with E-state index < -0.39 is 18.4 Å². The summed E-state index contributed by atoms with van der Waals surface area (Å²) in [6.45, 7) is 3.74. The second-order valence-corrected chi connectivity index (χ2v) is 5.26. The summed E-state index contributed by atoms with van der Waals surface area (Å²) in [6.07, 6.45) is -3.80. The molecule has 3 atom stereocenters. The van der Waals surface area contributed by atoms with Gasteiger partial charge in [-0.3, -0.25) is 4.79 Å². The van der Waals surface area contributed by atoms with Gasteiger partial charge in [0, 0.05) is 0 Å². The second-order valence-electron chi connectivity index (χ2n) is 5.26. The van der Waals surface area contributed by atoms with Gasteiger partial charge >= 0.3 is 12.3 Å². The maximum absolute atomic E-state index is 12.3. The van der Waals surface area contributed by atoms with Crippen molar-refractivity contribution in [1.82, 2.24) is 0 Å². The molecule has 0 aliphatic carbocycles. The number of hydrogen-bond acceptors (Lipinski definition) is 3. The van der Waals surface area contributed by atoms with Crippen LogP contribution in [0.4, 0.5) is 13.2 Å². The molecule has 0 bridgehead atoms. The number of ether oxygens (including phenoxy) is 1. The summed E-state index contributed by atoms with van der Waals surface area (Å²) in [5, 5.41) is 8.88. The van der Waals surface area contributed by atoms with E-state index in [2.05, 4.69) is 4.74 Å². The zero-order valence-electron chi connectivity index (χ0n) is 12.4. The lowest BCUT2D eigenvalue weighted by Gasteiger charge is -2.25. The molecule has 1 aromatic rings. The largest absolute Gasteiger partial charge is 0.573 e. The molecule has 0 radical (unpaired) electrons. The van der Waals surface area contributed by atoms with Gasteiger partial charge in [0.05, 0.1) is 0 Å². The first kappa shape index (κ1) is 18.3. The van der Waals surface area contributed by atoms with Crippen molar-refractivity contribution in [1.29, 1.82) is 0 Å². The zero-order chi connectivity index (χ0) is 16.9. The Bertz CT molecular complexity index is 505. The van der Waals surface area contributed by atoms with Gasteiger partial charge in [-0.05, 0) is 36.0 Å². The van der Waals surface area contributed by atoms with Gasteiger partial charge in [0.1, 0.15) is 11.8 Å². The lowest BCUT2D eigenvalue weighted by molar-refractivity contribution is -0.274. The number of carbonyl (C=O) groups is 1. The van der Waals surface area contributed by atoms with Crippen LogP contribution in [0.2, 0.25) is 0 Å². The standard InChI is InChI=1S/C15H20F3NO3/c1-3-10(8-13(19)14(20)21)9(2)11-5-4-6-12(7-11)22-15(16,17)18/h4-7,9-10,13H,3,8,19H2,1-2H3,(H,20,21). The third-order valence-electron chi connectivity index (χ3n) is 3.72. The molecule has 22 heavy (non-hydrogen) atoms. The number of aliphatic carboxylic acids is 1. The van der Waals surface area contributed by atoms with E-state index in [0.717, 1.165) is 0 Å². The predicted octanol–water partition coefficient (Wildman–Crippen LogP) is 3.52. The molecule has 0 aliphatic rings. The van der Waals surface area contributed by atoms with Gasteiger partial charge in [0.2, 0.25) is 0 Å². The van der Waals surface area contributed by atoms with Gasteiger partial charge in [0.15, 0.2) is 0 Å². The second kappa shape index (κ2) is 7.49. The van der Waals surface area contributed by atoms with Crippen LogP contribution in [0.1, 0.15) is 38.2 Å². The summed E-state index contributed by atoms with van der Waals surface area (Å²) in [6, 6.07) is 4.75. The fourth-order valence-electron chi connectivity index (χ4n) is 2.42. The quantitative estimate of drug-likeness (QED) is 0.806. The minimum absolute atomic E-state index is 0.0489. The SMILES string of the molecule is CCC(CC(N)C(=O)O)C(C)c1cccc(OC(F)(F)F)c1. The first-order valence-corrected chi connectivity index (χ1v) is 6.98. The predicted molar refractivity (Wildman–Crippen MR) is 75.5 cm³/mol. The summed E-state index contributed by atoms with van der Waals surface area (Å²) >= 11 is 0. The van der Waals surface area contributed by atoms with E-state index in [0.29, 0.717) is 12.0 Å². The van der Waals surface area contributed by atoms with Crippen LogP contribution in [0.5, 0.6) is 5.75 Å². The Balaban J connectivity index is 2.88. The molecule has 0 fully saturated rings. The Labute approximate surface area is 127 Å². The zero-order valence-corrected chi connectivity index (χ0v) is 12.4. The highest BCUT2D eigenvalue weighted by atomic mass is 19.4. The van der Waals surface area contributed by atoms with Crippen molar-refractivity contribution >= 4 is 5.97 Å². The van der Waals surface area contributed by atoms with Gasteiger partial charge in [-0.15, -0.1) is 13.2 Å². The molecular weight excluding hydrogens is 299 g/mol. The summed E-state index contributed by atoms with van der Waals surface area (Å²) in [5.74, 6) is -1.55. The first-order chi connectivity index (χ1) is 10.1. The van der Waals surface area contributed by atoms with E-state index in [4.69, 9.17) is 10.8 Å². The van der Waals surface area contributed by atoms with Gasteiger partial charge in [-0.2, -0.15) is 0 Å². The highest BCUT2D eigenvalue weighted by Gasteiger charge is 2.31. The van der Waals surface area contributed by atoms with Crippen LogP contribution in [0.15, 0.2) is 24.3 Å². The van der Waals surface area contributed by atoms with E-state index in [1.807, 2.05) is 13.8 Å². The van der Waals surface area contributed by atoms with E-state index in [1.165, 1.54) is 18.2 Å². The van der Waals surface area contributed by atoms with Crippen LogP contribution in [0.25, 0.3) is 0 Å². The Kier molecular flexibility index (Phi) is 6.22. The monoisotopic (exact) mass is 319 g/mol. The summed E-state index contributed by atoms with van der Waals surface area (Å²) in [4.78, 5) is 10.9. The summed E-state index contributed by atoms with van der Waals surface area (Å²) < 4.78 is 40.7. The van der Waals surface area contributed by atoms with Gasteiger partial charge in [0.25, 0.3) is 0 Å². The molecule has 0 saturated carbocycles. The lowest BCUT2D eigenvalue weighted by Crippen LogP contribution is -2.33. The number of alkyl halides is 3. The number of halogens is 3. The van der Waals surface area contributed by atoms with Crippen LogP contribution in [0, 0.1) is 5.92 Å². The van der Waals surface area contributed by atoms with Crippen LogP contribution in [-0.4, -0.2) is 23.5 Å². The molecule has 0 heterocycles. The van der Waals surface area contributed by atoms with Crippen molar-refractivity contribution in [3.63, 3.8) is 0 Å². The topological polar surface area (TPSA) is 72.6 Å². The van der Waals surface area contributed by atoms with Gasteiger partial charge < -0.3 is 15.6 Å². The molecule has 4 nitrogen and oxygen atoms in total. The average Bonchev–Trinajstić information content (AvgIpc) is 2.42. The van der Waals surface area contributed by atoms with E-state index in [1.54, 1.807) is 6.07 Å². The Hall–Kier alpha value is -1.76. The van der Waals surface area contributed by atoms with Crippen molar-refractivity contribution in [2.75, 3.05) is 0 Å². The number of carboxylic acid groups (broad SMARTS) is 1. The van der Waals surface area contributed by atoms with Crippen LogP contribution in [0.3, 0.4) is 0 Å². The highest BCUT2D eigenvalue weighted by molar-refractivity contribution is 5.73. The molecule has 0 saturated heterocycles. The third-order valence-corrected chi connectivity index (χ3v) is 3.72. The minimum atomic E-state index is -4.74. The molecule has 1 aromatic carbocycles. The molecule has 1 rings (SSSR count). The third kappa shape index (κ3) is 5.55. The molecule has 3 N–H and O–H groups in total. The molecule has 124 valence electrons. The number of benzene rings is 1. The van der Waals surface area contributed by atoms with Crippen LogP contribution >= 0.6 is 0 Å². The Morgan fingerprint density at radius 1 is 1.41 bits per heavy atom. The summed E-state index contributed by atoms with van der Waals surface area (Å²) in [5.41, 5.74) is 6.21. The Morgan fingerprint density at radius 2 is 2.05 bits per heavy atom. The van der Waals surface area contributed by atoms with Crippen molar-refractivity contribution in [2.24, 2.45) is 11.7 Å². The molecule has 0 spiro atoms. The summed E-state index contributed by atoms with van der Waals surface area (Å²) in [7, 11) is 0. The number of hydrogen-bond donors (Lipinski definition) is 2. The smallest absolute Gasteiger partial charge is 0.480 e. The van der Waals surface area contributed by atoms with Gasteiger partial charge in [-0.1, -0.05) is 32.4 Å². The molecule has 0 aliphatic heterocycles. The van der Waals surface area contributed by atoms with Gasteiger partial charge in [-0.25, -0.2) is 0 Å². The molecular formula is C15H20F3NO3. The average molecular weight is 319 g/mol. The van der Waals surface area contributed by atoms with Crippen LogP contribution in [-0.2, 0) is 4.79 Å². The maximum Gasteiger partial charge on any atom is 0.573 e. The molecule has 0 aromatic heterocycles. The number of carboxylic acids is 1. The highest BCUT2D eigenvalue weighted by Crippen LogP contribution is 2.33.